The van der Waals surface area contributed by atoms with E-state index in [0.717, 1.165) is 0 Å². The maximum Gasteiger partial charge on any atom is -0.000696 e. The average molecular weight is 785 g/mol. The quantitative estimate of drug-likeness (QED) is 0.153. The van der Waals surface area contributed by atoms with Crippen molar-refractivity contribution >= 4 is 75.4 Å². The molecule has 13 rings (SSSR count). The lowest BCUT2D eigenvalue weighted by molar-refractivity contribution is 1.39. The first-order chi connectivity index (χ1) is 30.7. The number of hydrogen-bond donors (Lipinski definition) is 0. The van der Waals surface area contributed by atoms with E-state index >= 15 is 0 Å². The third kappa shape index (κ3) is 4.84. The largest absolute Gasteiger partial charge is 0.0622 e. The van der Waals surface area contributed by atoms with E-state index in [-0.39, 0.29) is 0 Å². The van der Waals surface area contributed by atoms with E-state index in [1.165, 1.54) is 142 Å². The molecule has 0 nitrogen and oxygen atoms in total. The summed E-state index contributed by atoms with van der Waals surface area (Å²) in [5.74, 6) is 0. The Morgan fingerprint density at radius 3 is 1.29 bits per heavy atom. The molecule has 62 heavy (non-hydrogen) atoms. The number of rotatable bonds is 5. The Hall–Kier alpha value is -7.80. The van der Waals surface area contributed by atoms with Crippen molar-refractivity contribution in [3.8, 4) is 55.6 Å². The van der Waals surface area contributed by atoms with Crippen molar-refractivity contribution in [1.82, 2.24) is 0 Å². The summed E-state index contributed by atoms with van der Waals surface area (Å²) in [6.07, 6.45) is 0. The third-order valence-electron chi connectivity index (χ3n) is 13.8. The van der Waals surface area contributed by atoms with Crippen LogP contribution in [0.1, 0.15) is 11.1 Å². The molecule has 0 saturated carbocycles. The minimum atomic E-state index is 1.22. The SMILES string of the molecule is Cc1cccc(C)c1-c1ccc2c3c(-c4ccccc4-c4ccccc4)c4cc5c6ccccc6c6cccc(c4c(-c4ccccc4-c4ccccc4)c3c3cccc1c23)c65. The summed E-state index contributed by atoms with van der Waals surface area (Å²) in [4.78, 5) is 0. The van der Waals surface area contributed by atoms with E-state index < -0.39 is 0 Å². The fourth-order valence-corrected chi connectivity index (χ4v) is 11.4. The monoisotopic (exact) mass is 784 g/mol. The predicted molar refractivity (Wildman–Crippen MR) is 268 cm³/mol. The summed E-state index contributed by atoms with van der Waals surface area (Å²) in [5, 5.41) is 18.3. The van der Waals surface area contributed by atoms with Crippen LogP contribution in [0.25, 0.3) is 131 Å². The highest BCUT2D eigenvalue weighted by molar-refractivity contribution is 6.45. The van der Waals surface area contributed by atoms with Crippen LogP contribution in [0.5, 0.6) is 0 Å². The Balaban J connectivity index is 1.34. The van der Waals surface area contributed by atoms with Gasteiger partial charge in [0.05, 0.1) is 0 Å². The second-order valence-corrected chi connectivity index (χ2v) is 17.1. The summed E-state index contributed by atoms with van der Waals surface area (Å²) in [7, 11) is 0. The maximum atomic E-state index is 2.56. The zero-order valence-corrected chi connectivity index (χ0v) is 34.6. The van der Waals surface area contributed by atoms with Crippen molar-refractivity contribution in [3.63, 3.8) is 0 Å². The van der Waals surface area contributed by atoms with Crippen molar-refractivity contribution in [2.45, 2.75) is 13.8 Å². The fourth-order valence-electron chi connectivity index (χ4n) is 11.4. The van der Waals surface area contributed by atoms with Gasteiger partial charge in [-0.1, -0.05) is 200 Å². The second-order valence-electron chi connectivity index (χ2n) is 17.1. The molecule has 0 spiro atoms. The van der Waals surface area contributed by atoms with Crippen LogP contribution in [0.2, 0.25) is 0 Å². The molecule has 0 heterocycles. The van der Waals surface area contributed by atoms with Crippen molar-refractivity contribution in [3.05, 3.63) is 217 Å². The molecular weight excluding hydrogens is 745 g/mol. The summed E-state index contributed by atoms with van der Waals surface area (Å²) < 4.78 is 0. The van der Waals surface area contributed by atoms with E-state index in [0.29, 0.717) is 0 Å². The van der Waals surface area contributed by atoms with Gasteiger partial charge in [-0.3, -0.25) is 0 Å². The topological polar surface area (TPSA) is 0 Å². The first-order valence-corrected chi connectivity index (χ1v) is 21.8. The van der Waals surface area contributed by atoms with Gasteiger partial charge in [0.2, 0.25) is 0 Å². The summed E-state index contributed by atoms with van der Waals surface area (Å²) in [6.45, 7) is 4.51. The number of hydrogen-bond acceptors (Lipinski definition) is 0. The Labute approximate surface area is 360 Å². The van der Waals surface area contributed by atoms with Gasteiger partial charge in [0, 0.05) is 0 Å². The lowest BCUT2D eigenvalue weighted by Crippen LogP contribution is -1.94. The smallest absolute Gasteiger partial charge is 0.000696 e. The minimum Gasteiger partial charge on any atom is -0.0622 e. The lowest BCUT2D eigenvalue weighted by Gasteiger charge is -2.22. The molecule has 0 fully saturated rings. The summed E-state index contributed by atoms with van der Waals surface area (Å²) >= 11 is 0. The lowest BCUT2D eigenvalue weighted by atomic mass is 9.81. The van der Waals surface area contributed by atoms with Gasteiger partial charge in [0.25, 0.3) is 0 Å². The first-order valence-electron chi connectivity index (χ1n) is 21.8. The Morgan fingerprint density at radius 2 is 0.645 bits per heavy atom. The Morgan fingerprint density at radius 1 is 0.210 bits per heavy atom. The molecule has 13 aromatic carbocycles. The first kappa shape index (κ1) is 35.0. The van der Waals surface area contributed by atoms with E-state index in [2.05, 4.69) is 220 Å². The molecule has 0 atom stereocenters. The normalized spacial score (nSPS) is 12.0. The Kier molecular flexibility index (Phi) is 7.54. The van der Waals surface area contributed by atoms with Crippen LogP contribution < -0.4 is 0 Å². The highest BCUT2D eigenvalue weighted by atomic mass is 14.3. The van der Waals surface area contributed by atoms with E-state index in [1.54, 1.807) is 0 Å². The van der Waals surface area contributed by atoms with Crippen LogP contribution >= 0.6 is 0 Å². The summed E-state index contributed by atoms with van der Waals surface area (Å²) in [5.41, 5.74) is 15.2. The molecule has 0 unspecified atom stereocenters. The zero-order valence-electron chi connectivity index (χ0n) is 34.6. The molecule has 0 aliphatic rings. The molecule has 0 bridgehead atoms. The van der Waals surface area contributed by atoms with Crippen molar-refractivity contribution in [2.24, 2.45) is 0 Å². The van der Waals surface area contributed by atoms with Gasteiger partial charge in [-0.25, -0.2) is 0 Å². The third-order valence-corrected chi connectivity index (χ3v) is 13.8. The number of aryl methyl sites for hydroxylation is 2. The molecule has 0 radical (unpaired) electrons. The van der Waals surface area contributed by atoms with Crippen LogP contribution in [-0.2, 0) is 0 Å². The molecule has 0 aliphatic heterocycles. The number of benzene rings is 11. The van der Waals surface area contributed by atoms with Crippen LogP contribution in [0.15, 0.2) is 206 Å². The molecule has 0 heteroatoms. The van der Waals surface area contributed by atoms with Gasteiger partial charge in [0.15, 0.2) is 0 Å². The molecule has 288 valence electrons. The van der Waals surface area contributed by atoms with Crippen molar-refractivity contribution < 1.29 is 0 Å². The van der Waals surface area contributed by atoms with Gasteiger partial charge < -0.3 is 0 Å². The van der Waals surface area contributed by atoms with Gasteiger partial charge in [0.1, 0.15) is 0 Å². The highest BCUT2D eigenvalue weighted by Gasteiger charge is 2.29. The molecule has 0 N–H and O–H groups in total. The zero-order chi connectivity index (χ0) is 41.1. The molecular formula is C62H40. The van der Waals surface area contributed by atoms with E-state index in [9.17, 15) is 0 Å². The van der Waals surface area contributed by atoms with Gasteiger partial charge in [-0.15, -0.1) is 0 Å². The van der Waals surface area contributed by atoms with Crippen molar-refractivity contribution in [2.75, 3.05) is 0 Å². The van der Waals surface area contributed by atoms with Gasteiger partial charge in [-0.05, 0) is 162 Å². The minimum absolute atomic E-state index is 1.22. The maximum absolute atomic E-state index is 2.56. The van der Waals surface area contributed by atoms with Gasteiger partial charge in [-0.2, -0.15) is 0 Å². The standard InChI is InChI=1S/C62H40/c1-37-18-15-19-38(2)55(37)49-34-35-52-56-48(49)31-17-33-51(56)62-60(46-29-14-10-25-42(46)40-22-7-4-8-23-40)59-50-32-16-30-47-43-26-11-12-27-44(43)53(57(47)50)36-54(59)58(61(52)62)45-28-13-9-24-41(45)39-20-5-3-6-21-39/h3-36H,1-2H3. The summed E-state index contributed by atoms with van der Waals surface area (Å²) in [6, 6.07) is 77.3. The van der Waals surface area contributed by atoms with Crippen LogP contribution in [-0.4, -0.2) is 0 Å². The fraction of sp³-hybridized carbons (Fsp3) is 0.0323. The molecule has 0 aliphatic carbocycles. The number of fused-ring (bicyclic) bond motifs is 8. The second kappa shape index (κ2) is 13.4. The van der Waals surface area contributed by atoms with E-state index in [1.807, 2.05) is 0 Å². The predicted octanol–water partition coefficient (Wildman–Crippen LogP) is 17.6. The van der Waals surface area contributed by atoms with E-state index in [4.69, 9.17) is 0 Å². The molecule has 0 aromatic heterocycles. The molecule has 13 aromatic rings. The molecule has 0 saturated heterocycles. The van der Waals surface area contributed by atoms with Gasteiger partial charge >= 0.3 is 0 Å². The molecule has 0 amide bonds. The average Bonchev–Trinajstić information content (AvgIpc) is 3.83. The highest BCUT2D eigenvalue weighted by Crippen LogP contribution is 2.57. The van der Waals surface area contributed by atoms with Crippen LogP contribution in [0.4, 0.5) is 0 Å². The van der Waals surface area contributed by atoms with Crippen LogP contribution in [0.3, 0.4) is 0 Å². The Bertz CT molecular complexity index is 3890. The van der Waals surface area contributed by atoms with Crippen molar-refractivity contribution in [1.29, 1.82) is 0 Å². The van der Waals surface area contributed by atoms with Crippen LogP contribution in [0, 0.1) is 13.8 Å².